The number of nitrogens with zero attached hydrogens (tertiary/aromatic N) is 2. The number of aliphatic imine (C=N–C) groups is 1. The highest BCUT2D eigenvalue weighted by Gasteiger charge is 2.18. The summed E-state index contributed by atoms with van der Waals surface area (Å²) in [5, 5.41) is 8.00. The highest BCUT2D eigenvalue weighted by molar-refractivity contribution is 5.85. The first-order valence-corrected chi connectivity index (χ1v) is 16.8. The van der Waals surface area contributed by atoms with Crippen LogP contribution in [0.5, 0.6) is 0 Å². The smallest absolute Gasteiger partial charge is 0.410 e. The van der Waals surface area contributed by atoms with Crippen LogP contribution >= 0.6 is 0 Å². The van der Waals surface area contributed by atoms with Crippen LogP contribution in [-0.2, 0) is 41.8 Å². The van der Waals surface area contributed by atoms with Gasteiger partial charge in [0.2, 0.25) is 11.8 Å². The molecule has 50 heavy (non-hydrogen) atoms. The summed E-state index contributed by atoms with van der Waals surface area (Å²) in [5.74, 6) is -1.28. The number of carbonyl (C=O) groups excluding carboxylic acids is 5. The number of hydrogen-bond acceptors (Lipinski definition) is 9. The van der Waals surface area contributed by atoms with Crippen LogP contribution in [0.2, 0.25) is 0 Å². The summed E-state index contributed by atoms with van der Waals surface area (Å²) in [6, 6.07) is 18.7. The Balaban J connectivity index is 1.70. The van der Waals surface area contributed by atoms with Crippen LogP contribution in [0.3, 0.4) is 0 Å². The molecular weight excluding hydrogens is 646 g/mol. The minimum Gasteiger partial charge on any atom is -0.462 e. The third kappa shape index (κ3) is 20.1. The number of ether oxygens (including phenoxy) is 3. The van der Waals surface area contributed by atoms with Gasteiger partial charge in [-0.05, 0) is 49.7 Å². The van der Waals surface area contributed by atoms with E-state index in [1.54, 1.807) is 4.90 Å². The normalized spacial score (nSPS) is 11.0. The van der Waals surface area contributed by atoms with Crippen LogP contribution in [0, 0.1) is 0 Å². The molecule has 274 valence electrons. The van der Waals surface area contributed by atoms with Gasteiger partial charge in [-0.15, -0.1) is 0 Å². The van der Waals surface area contributed by atoms with Crippen molar-refractivity contribution in [2.24, 2.45) is 16.5 Å². The van der Waals surface area contributed by atoms with E-state index in [1.165, 1.54) is 6.92 Å². The van der Waals surface area contributed by atoms with Gasteiger partial charge in [-0.3, -0.25) is 19.4 Å². The molecule has 7 N–H and O–H groups in total. The largest absolute Gasteiger partial charge is 0.462 e. The molecule has 4 amide bonds. The molecular formula is C35H51N7O8. The first kappa shape index (κ1) is 40.8. The fourth-order valence-electron chi connectivity index (χ4n) is 4.64. The molecule has 2 rings (SSSR count). The van der Waals surface area contributed by atoms with E-state index >= 15 is 0 Å². The molecule has 0 fully saturated rings. The lowest BCUT2D eigenvalue weighted by molar-refractivity contribution is -0.148. The fourth-order valence-corrected chi connectivity index (χ4v) is 4.64. The van der Waals surface area contributed by atoms with Gasteiger partial charge in [0, 0.05) is 39.6 Å². The fraction of sp³-hybridized carbons (Fsp3) is 0.486. The van der Waals surface area contributed by atoms with Crippen molar-refractivity contribution in [1.82, 2.24) is 20.9 Å². The molecule has 1 unspecified atom stereocenters. The van der Waals surface area contributed by atoms with Crippen LogP contribution in [0.1, 0.15) is 63.0 Å². The maximum atomic E-state index is 12.9. The Labute approximate surface area is 293 Å². The number of rotatable bonds is 23. The van der Waals surface area contributed by atoms with E-state index in [0.717, 1.165) is 11.1 Å². The Hall–Kier alpha value is -5.34. The van der Waals surface area contributed by atoms with Crippen molar-refractivity contribution in [1.29, 1.82) is 0 Å². The topological polar surface area (TPSA) is 217 Å². The monoisotopic (exact) mass is 697 g/mol. The van der Waals surface area contributed by atoms with Crippen molar-refractivity contribution < 1.29 is 38.2 Å². The third-order valence-corrected chi connectivity index (χ3v) is 7.15. The summed E-state index contributed by atoms with van der Waals surface area (Å²) < 4.78 is 16.0. The maximum absolute atomic E-state index is 12.9. The first-order valence-electron chi connectivity index (χ1n) is 16.8. The number of alkyl carbamates (subject to hydrolysis) is 1. The summed E-state index contributed by atoms with van der Waals surface area (Å²) >= 11 is 0. The summed E-state index contributed by atoms with van der Waals surface area (Å²) in [7, 11) is 0. The van der Waals surface area contributed by atoms with E-state index in [1.807, 2.05) is 60.7 Å². The molecule has 2 aromatic carbocycles. The Bertz CT molecular complexity index is 1340. The second-order valence-corrected chi connectivity index (χ2v) is 11.4. The van der Waals surface area contributed by atoms with Crippen LogP contribution in [-0.4, -0.2) is 86.2 Å². The number of nitrogens with one attached hydrogen (secondary N) is 3. The summed E-state index contributed by atoms with van der Waals surface area (Å²) in [4.78, 5) is 66.6. The molecule has 0 heterocycles. The summed E-state index contributed by atoms with van der Waals surface area (Å²) in [5.41, 5.74) is 12.4. The average Bonchev–Trinajstić information content (AvgIpc) is 3.09. The molecule has 0 aliphatic rings. The minimum atomic E-state index is -0.624. The van der Waals surface area contributed by atoms with Crippen molar-refractivity contribution >= 4 is 35.9 Å². The zero-order chi connectivity index (χ0) is 36.4. The highest BCUT2D eigenvalue weighted by atomic mass is 16.6. The van der Waals surface area contributed by atoms with Gasteiger partial charge in [0.1, 0.15) is 19.3 Å². The zero-order valence-electron chi connectivity index (χ0n) is 28.8. The molecule has 15 nitrogen and oxygen atoms in total. The molecule has 0 radical (unpaired) electrons. The number of benzene rings is 2. The number of guanidine groups is 1. The Morgan fingerprint density at radius 1 is 0.740 bits per heavy atom. The lowest BCUT2D eigenvalue weighted by Crippen LogP contribution is -2.39. The SMILES string of the molecule is CC(=O)OC(CCCCN=C(N)N)CC(=O)NCC(=O)NCCCCN(CCCNC(=O)OCc1ccccc1)C(=O)OCc1ccccc1. The van der Waals surface area contributed by atoms with Crippen molar-refractivity contribution in [3.63, 3.8) is 0 Å². The van der Waals surface area contributed by atoms with E-state index in [2.05, 4.69) is 20.9 Å². The third-order valence-electron chi connectivity index (χ3n) is 7.15. The van der Waals surface area contributed by atoms with Gasteiger partial charge >= 0.3 is 18.2 Å². The average molecular weight is 698 g/mol. The van der Waals surface area contributed by atoms with Crippen LogP contribution < -0.4 is 27.4 Å². The van der Waals surface area contributed by atoms with Gasteiger partial charge < -0.3 is 46.5 Å². The zero-order valence-corrected chi connectivity index (χ0v) is 28.8. The van der Waals surface area contributed by atoms with Gasteiger partial charge in [-0.1, -0.05) is 60.7 Å². The number of carbonyl (C=O) groups is 5. The number of unbranched alkanes of at least 4 members (excludes halogenated alkanes) is 2. The van der Waals surface area contributed by atoms with E-state index in [4.69, 9.17) is 25.7 Å². The standard InChI is InChI=1S/C35H51N7O8/c1-27(43)50-30(17-8-9-19-39-33(36)37)23-31(44)41-24-32(45)38-18-10-11-21-42(35(47)49-26-29-15-6-3-7-16-29)22-12-20-40-34(46)48-25-28-13-4-2-5-14-28/h2-7,13-16,30H,8-12,17-26H2,1H3,(H,38,45)(H,40,46)(H,41,44)(H4,36,37,39). The molecule has 2 aromatic rings. The number of nitrogens with two attached hydrogens (primary N) is 2. The van der Waals surface area contributed by atoms with Gasteiger partial charge in [0.05, 0.1) is 13.0 Å². The number of amides is 4. The molecule has 0 aromatic heterocycles. The van der Waals surface area contributed by atoms with Gasteiger partial charge in [-0.2, -0.15) is 0 Å². The molecule has 0 bridgehead atoms. The van der Waals surface area contributed by atoms with Crippen molar-refractivity contribution in [2.45, 2.75) is 71.2 Å². The van der Waals surface area contributed by atoms with Gasteiger partial charge in [-0.25, -0.2) is 9.59 Å². The van der Waals surface area contributed by atoms with Crippen LogP contribution in [0.25, 0.3) is 0 Å². The van der Waals surface area contributed by atoms with Gasteiger partial charge in [0.25, 0.3) is 0 Å². The van der Waals surface area contributed by atoms with E-state index in [0.29, 0.717) is 71.2 Å². The van der Waals surface area contributed by atoms with E-state index in [9.17, 15) is 24.0 Å². The van der Waals surface area contributed by atoms with Gasteiger partial charge in [0.15, 0.2) is 5.96 Å². The molecule has 0 saturated carbocycles. The number of esters is 1. The van der Waals surface area contributed by atoms with E-state index in [-0.39, 0.29) is 38.0 Å². The molecule has 0 spiro atoms. The Kier molecular flexibility index (Phi) is 20.2. The lowest BCUT2D eigenvalue weighted by atomic mass is 10.1. The highest BCUT2D eigenvalue weighted by Crippen LogP contribution is 2.10. The van der Waals surface area contributed by atoms with Crippen molar-refractivity contribution in [3.8, 4) is 0 Å². The minimum absolute atomic E-state index is 0.000712. The second-order valence-electron chi connectivity index (χ2n) is 11.4. The van der Waals surface area contributed by atoms with Crippen LogP contribution in [0.4, 0.5) is 9.59 Å². The number of hydrogen-bond donors (Lipinski definition) is 5. The quantitative estimate of drug-likeness (QED) is 0.0376. The first-order chi connectivity index (χ1) is 24.1. The maximum Gasteiger partial charge on any atom is 0.410 e. The summed E-state index contributed by atoms with van der Waals surface area (Å²) in [6.07, 6.45) is 1.67. The molecule has 0 aliphatic carbocycles. The molecule has 0 saturated heterocycles. The molecule has 0 aliphatic heterocycles. The lowest BCUT2D eigenvalue weighted by Gasteiger charge is -2.22. The summed E-state index contributed by atoms with van der Waals surface area (Å²) in [6.45, 7) is 3.13. The predicted octanol–water partition coefficient (Wildman–Crippen LogP) is 2.72. The molecule has 15 heteroatoms. The Morgan fingerprint density at radius 3 is 2.00 bits per heavy atom. The Morgan fingerprint density at radius 2 is 1.36 bits per heavy atom. The predicted molar refractivity (Wildman–Crippen MR) is 187 cm³/mol. The van der Waals surface area contributed by atoms with Crippen LogP contribution in [0.15, 0.2) is 65.7 Å². The second kappa shape index (κ2) is 24.7. The van der Waals surface area contributed by atoms with E-state index < -0.39 is 30.2 Å². The van der Waals surface area contributed by atoms with Crippen molar-refractivity contribution in [3.05, 3.63) is 71.8 Å². The molecule has 1 atom stereocenters. The van der Waals surface area contributed by atoms with Crippen molar-refractivity contribution in [2.75, 3.05) is 39.3 Å².